The Kier molecular flexibility index (Phi) is 8.24. The molecule has 8 heteroatoms. The van der Waals surface area contributed by atoms with E-state index < -0.39 is 11.6 Å². The molecule has 1 saturated heterocycles. The number of nitrogens with one attached hydrogen (secondary N) is 2. The van der Waals surface area contributed by atoms with E-state index in [1.807, 2.05) is 6.92 Å². The first-order valence-corrected chi connectivity index (χ1v) is 9.35. The lowest BCUT2D eigenvalue weighted by Crippen LogP contribution is -2.52. The van der Waals surface area contributed by atoms with Crippen LogP contribution in [0.25, 0.3) is 0 Å². The van der Waals surface area contributed by atoms with Crippen LogP contribution < -0.4 is 15.4 Å². The average molecular weight is 384 g/mol. The summed E-state index contributed by atoms with van der Waals surface area (Å²) in [6.45, 7) is 11.9. The summed E-state index contributed by atoms with van der Waals surface area (Å²) >= 11 is 0. The lowest BCUT2D eigenvalue weighted by atomic mass is 10.0. The largest absolute Gasteiger partial charge is 0.492 e. The Morgan fingerprint density at radius 2 is 1.96 bits per heavy atom. The lowest BCUT2D eigenvalue weighted by Gasteiger charge is -2.39. The maximum absolute atomic E-state index is 13.2. The van der Waals surface area contributed by atoms with E-state index in [9.17, 15) is 8.78 Å². The van der Waals surface area contributed by atoms with Crippen LogP contribution in [0.3, 0.4) is 0 Å². The number of morpholine rings is 1. The molecule has 1 aliphatic rings. The quantitative estimate of drug-likeness (QED) is 0.408. The van der Waals surface area contributed by atoms with Gasteiger partial charge in [0.15, 0.2) is 17.6 Å². The van der Waals surface area contributed by atoms with E-state index in [-0.39, 0.29) is 5.54 Å². The Labute approximate surface area is 159 Å². The van der Waals surface area contributed by atoms with E-state index in [0.717, 1.165) is 45.0 Å². The standard InChI is InChI=1S/C19H30F2N4O2/c1-4-22-18(24-14-19(2,3)25-8-11-26-12-9-25)23-7-10-27-15-5-6-16(20)17(21)13-15/h5-6,13H,4,7-12,14H2,1-3H3,(H2,22,23,24). The molecule has 1 fully saturated rings. The number of nitrogens with zero attached hydrogens (tertiary/aromatic N) is 2. The Morgan fingerprint density at radius 3 is 2.63 bits per heavy atom. The van der Waals surface area contributed by atoms with Gasteiger partial charge in [-0.2, -0.15) is 0 Å². The van der Waals surface area contributed by atoms with Crippen LogP contribution in [0, 0.1) is 11.6 Å². The van der Waals surface area contributed by atoms with E-state index in [4.69, 9.17) is 9.47 Å². The first-order valence-electron chi connectivity index (χ1n) is 9.35. The molecule has 0 atom stereocenters. The van der Waals surface area contributed by atoms with Crippen molar-refractivity contribution in [2.45, 2.75) is 26.3 Å². The Balaban J connectivity index is 1.81. The molecule has 0 unspecified atom stereocenters. The van der Waals surface area contributed by atoms with Crippen molar-refractivity contribution in [3.8, 4) is 5.75 Å². The Hall–Kier alpha value is -1.93. The highest BCUT2D eigenvalue weighted by Gasteiger charge is 2.28. The van der Waals surface area contributed by atoms with Crippen LogP contribution >= 0.6 is 0 Å². The Bertz CT molecular complexity index is 620. The average Bonchev–Trinajstić information content (AvgIpc) is 2.66. The van der Waals surface area contributed by atoms with Gasteiger partial charge in [0.2, 0.25) is 0 Å². The summed E-state index contributed by atoms with van der Waals surface area (Å²) in [7, 11) is 0. The van der Waals surface area contributed by atoms with Crippen LogP contribution in [0.15, 0.2) is 23.2 Å². The topological polar surface area (TPSA) is 58.1 Å². The van der Waals surface area contributed by atoms with Gasteiger partial charge in [-0.15, -0.1) is 0 Å². The van der Waals surface area contributed by atoms with Gasteiger partial charge in [-0.25, -0.2) is 8.78 Å². The molecule has 1 aliphatic heterocycles. The van der Waals surface area contributed by atoms with Crippen molar-refractivity contribution < 1.29 is 18.3 Å². The smallest absolute Gasteiger partial charge is 0.191 e. The van der Waals surface area contributed by atoms with Crippen LogP contribution in [0.2, 0.25) is 0 Å². The molecule has 0 amide bonds. The minimum Gasteiger partial charge on any atom is -0.492 e. The fourth-order valence-corrected chi connectivity index (χ4v) is 2.79. The normalized spacial score (nSPS) is 16.3. The molecule has 0 radical (unpaired) electrons. The molecular formula is C19H30F2N4O2. The van der Waals surface area contributed by atoms with Crippen LogP contribution in [-0.4, -0.2) is 68.9 Å². The predicted octanol–water partition coefficient (Wildman–Crippen LogP) is 2.01. The van der Waals surface area contributed by atoms with Crippen molar-refractivity contribution >= 4 is 5.96 Å². The number of hydrogen-bond donors (Lipinski definition) is 2. The number of aliphatic imine (C=N–C) groups is 1. The van der Waals surface area contributed by atoms with E-state index in [1.165, 1.54) is 6.07 Å². The maximum Gasteiger partial charge on any atom is 0.191 e. The van der Waals surface area contributed by atoms with Crippen molar-refractivity contribution in [1.82, 2.24) is 15.5 Å². The number of ether oxygens (including phenoxy) is 2. The number of guanidine groups is 1. The van der Waals surface area contributed by atoms with Gasteiger partial charge in [0.05, 0.1) is 26.3 Å². The number of hydrogen-bond acceptors (Lipinski definition) is 4. The molecule has 1 aromatic rings. The SMILES string of the molecule is CCNC(=NCC(C)(C)N1CCOCC1)NCCOc1ccc(F)c(F)c1. The number of halogens is 2. The van der Waals surface area contributed by atoms with E-state index in [0.29, 0.717) is 31.4 Å². The molecule has 27 heavy (non-hydrogen) atoms. The zero-order chi connectivity index (χ0) is 19.7. The second kappa shape index (κ2) is 10.4. The van der Waals surface area contributed by atoms with Crippen LogP contribution in [0.4, 0.5) is 8.78 Å². The third-order valence-corrected chi connectivity index (χ3v) is 4.39. The molecule has 1 heterocycles. The van der Waals surface area contributed by atoms with Gasteiger partial charge in [-0.3, -0.25) is 9.89 Å². The van der Waals surface area contributed by atoms with Crippen molar-refractivity contribution in [2.24, 2.45) is 4.99 Å². The third-order valence-electron chi connectivity index (χ3n) is 4.39. The highest BCUT2D eigenvalue weighted by atomic mass is 19.2. The highest BCUT2D eigenvalue weighted by molar-refractivity contribution is 5.79. The van der Waals surface area contributed by atoms with Crippen molar-refractivity contribution in [2.75, 3.05) is 52.5 Å². The minimum absolute atomic E-state index is 0.0612. The molecule has 1 aromatic carbocycles. The molecule has 0 bridgehead atoms. The lowest BCUT2D eigenvalue weighted by molar-refractivity contribution is -0.00683. The summed E-state index contributed by atoms with van der Waals surface area (Å²) in [5.41, 5.74) is -0.0612. The fraction of sp³-hybridized carbons (Fsp3) is 0.632. The van der Waals surface area contributed by atoms with Gasteiger partial charge >= 0.3 is 0 Å². The molecule has 0 aromatic heterocycles. The predicted molar refractivity (Wildman–Crippen MR) is 102 cm³/mol. The van der Waals surface area contributed by atoms with Gasteiger partial charge in [0.1, 0.15) is 12.4 Å². The van der Waals surface area contributed by atoms with Gasteiger partial charge in [0, 0.05) is 31.2 Å². The summed E-state index contributed by atoms with van der Waals surface area (Å²) in [6.07, 6.45) is 0. The highest BCUT2D eigenvalue weighted by Crippen LogP contribution is 2.17. The molecule has 2 N–H and O–H groups in total. The fourth-order valence-electron chi connectivity index (χ4n) is 2.79. The Morgan fingerprint density at radius 1 is 1.22 bits per heavy atom. The molecule has 6 nitrogen and oxygen atoms in total. The summed E-state index contributed by atoms with van der Waals surface area (Å²) < 4.78 is 36.9. The molecule has 152 valence electrons. The van der Waals surface area contributed by atoms with Crippen molar-refractivity contribution in [1.29, 1.82) is 0 Å². The zero-order valence-electron chi connectivity index (χ0n) is 16.4. The summed E-state index contributed by atoms with van der Waals surface area (Å²) in [4.78, 5) is 7.06. The molecule has 0 saturated carbocycles. The van der Waals surface area contributed by atoms with Crippen LogP contribution in [0.1, 0.15) is 20.8 Å². The molecule has 2 rings (SSSR count). The van der Waals surface area contributed by atoms with Crippen molar-refractivity contribution in [3.05, 3.63) is 29.8 Å². The van der Waals surface area contributed by atoms with Gasteiger partial charge in [0.25, 0.3) is 0 Å². The van der Waals surface area contributed by atoms with Gasteiger partial charge in [-0.1, -0.05) is 0 Å². The first-order chi connectivity index (χ1) is 12.9. The monoisotopic (exact) mass is 384 g/mol. The van der Waals surface area contributed by atoms with E-state index in [1.54, 1.807) is 0 Å². The van der Waals surface area contributed by atoms with Crippen LogP contribution in [0.5, 0.6) is 5.75 Å². The third kappa shape index (κ3) is 6.95. The minimum atomic E-state index is -0.916. The number of benzene rings is 1. The van der Waals surface area contributed by atoms with Crippen molar-refractivity contribution in [3.63, 3.8) is 0 Å². The zero-order valence-corrected chi connectivity index (χ0v) is 16.4. The summed E-state index contributed by atoms with van der Waals surface area (Å²) in [6, 6.07) is 3.50. The first kappa shape index (κ1) is 21.4. The van der Waals surface area contributed by atoms with Crippen LogP contribution in [-0.2, 0) is 4.74 Å². The second-order valence-corrected chi connectivity index (χ2v) is 6.96. The number of rotatable bonds is 8. The second-order valence-electron chi connectivity index (χ2n) is 6.96. The summed E-state index contributed by atoms with van der Waals surface area (Å²) in [5, 5.41) is 6.40. The van der Waals surface area contributed by atoms with Gasteiger partial charge in [-0.05, 0) is 32.9 Å². The van der Waals surface area contributed by atoms with Gasteiger partial charge < -0.3 is 20.1 Å². The molecule has 0 aliphatic carbocycles. The molecular weight excluding hydrogens is 354 g/mol. The van der Waals surface area contributed by atoms with E-state index in [2.05, 4.69) is 34.4 Å². The summed E-state index contributed by atoms with van der Waals surface area (Å²) in [5.74, 6) is -0.801. The maximum atomic E-state index is 13.2. The molecule has 0 spiro atoms. The van der Waals surface area contributed by atoms with E-state index >= 15 is 0 Å².